The van der Waals surface area contributed by atoms with E-state index in [1.54, 1.807) is 0 Å². The van der Waals surface area contributed by atoms with Crippen molar-refractivity contribution in [3.05, 3.63) is 0 Å². The maximum absolute atomic E-state index is 11.5. The van der Waals surface area contributed by atoms with Crippen molar-refractivity contribution in [3.8, 4) is 0 Å². The van der Waals surface area contributed by atoms with Crippen molar-refractivity contribution in [3.63, 3.8) is 0 Å². The average molecular weight is 201 g/mol. The van der Waals surface area contributed by atoms with Crippen molar-refractivity contribution >= 4 is 5.97 Å². The maximum atomic E-state index is 11.5. The molecule has 1 rings (SSSR count). The second-order valence-corrected chi connectivity index (χ2v) is 3.66. The van der Waals surface area contributed by atoms with E-state index in [2.05, 4.69) is 0 Å². The number of ether oxygens (including phenoxy) is 1. The Morgan fingerprint density at radius 2 is 2.21 bits per heavy atom. The highest BCUT2D eigenvalue weighted by molar-refractivity contribution is 5.75. The van der Waals surface area contributed by atoms with Gasteiger partial charge in [-0.25, -0.2) is 0 Å². The fourth-order valence-corrected chi connectivity index (χ4v) is 1.70. The molecule has 82 valence electrons. The highest BCUT2D eigenvalue weighted by Gasteiger charge is 2.35. The minimum absolute atomic E-state index is 0.150. The average Bonchev–Trinajstić information content (AvgIpc) is 2.10. The molecule has 0 spiro atoms. The smallest absolute Gasteiger partial charge is 0.323 e. The van der Waals surface area contributed by atoms with Gasteiger partial charge in [-0.2, -0.15) is 0 Å². The van der Waals surface area contributed by atoms with E-state index in [4.69, 9.17) is 9.84 Å². The predicted octanol–water partition coefficient (Wildman–Crippen LogP) is 0.395. The zero-order valence-electron chi connectivity index (χ0n) is 8.90. The molecule has 0 amide bonds. The Kier molecular flexibility index (Phi) is 4.35. The number of esters is 1. The van der Waals surface area contributed by atoms with Crippen LogP contribution in [0.25, 0.3) is 0 Å². The minimum Gasteiger partial charge on any atom is -0.465 e. The molecule has 0 bridgehead atoms. The van der Waals surface area contributed by atoms with Crippen molar-refractivity contribution < 1.29 is 14.6 Å². The molecule has 0 aromatic heterocycles. The van der Waals surface area contributed by atoms with Crippen LogP contribution >= 0.6 is 0 Å². The van der Waals surface area contributed by atoms with Gasteiger partial charge in [0.1, 0.15) is 6.04 Å². The summed E-state index contributed by atoms with van der Waals surface area (Å²) in [6, 6.07) is -0.150. The van der Waals surface area contributed by atoms with Gasteiger partial charge >= 0.3 is 5.97 Å². The lowest BCUT2D eigenvalue weighted by Gasteiger charge is -2.40. The highest BCUT2D eigenvalue weighted by atomic mass is 16.5. The van der Waals surface area contributed by atoms with E-state index >= 15 is 0 Å². The number of carbonyl (C=O) groups excluding carboxylic acids is 1. The van der Waals surface area contributed by atoms with E-state index in [-0.39, 0.29) is 18.1 Å². The fraction of sp³-hybridized carbons (Fsp3) is 0.900. The second-order valence-electron chi connectivity index (χ2n) is 3.66. The Bertz CT molecular complexity index is 190. The van der Waals surface area contributed by atoms with Crippen LogP contribution in [0, 0.1) is 0 Å². The Labute approximate surface area is 84.8 Å². The summed E-state index contributed by atoms with van der Waals surface area (Å²) in [5, 5.41) is 9.15. The summed E-state index contributed by atoms with van der Waals surface area (Å²) in [6.45, 7) is 5.48. The quantitative estimate of drug-likeness (QED) is 0.654. The summed E-state index contributed by atoms with van der Waals surface area (Å²) < 4.78 is 4.99. The molecule has 0 saturated carbocycles. The Balaban J connectivity index is 2.42. The maximum Gasteiger partial charge on any atom is 0.323 e. The molecule has 4 heteroatoms. The lowest BCUT2D eigenvalue weighted by atomic mass is 10.0. The molecule has 1 heterocycles. The summed E-state index contributed by atoms with van der Waals surface area (Å²) in [6.07, 6.45) is 1.51. The predicted molar refractivity (Wildman–Crippen MR) is 52.9 cm³/mol. The molecule has 1 aliphatic heterocycles. The molecular weight excluding hydrogens is 182 g/mol. The van der Waals surface area contributed by atoms with Gasteiger partial charge < -0.3 is 9.84 Å². The molecule has 1 saturated heterocycles. The van der Waals surface area contributed by atoms with Crippen LogP contribution in [0.5, 0.6) is 0 Å². The van der Waals surface area contributed by atoms with Crippen LogP contribution in [0.2, 0.25) is 0 Å². The third-order valence-electron chi connectivity index (χ3n) is 2.45. The van der Waals surface area contributed by atoms with Gasteiger partial charge in [-0.1, -0.05) is 13.3 Å². The monoisotopic (exact) mass is 201 g/mol. The minimum atomic E-state index is -0.260. The molecule has 0 aromatic carbocycles. The molecule has 1 aliphatic rings. The number of hydrogen-bond donors (Lipinski definition) is 1. The molecule has 1 N–H and O–H groups in total. The van der Waals surface area contributed by atoms with E-state index in [1.165, 1.54) is 0 Å². The first-order valence-electron chi connectivity index (χ1n) is 5.27. The number of rotatable bonds is 5. The first kappa shape index (κ1) is 11.5. The normalized spacial score (nSPS) is 20.2. The summed E-state index contributed by atoms with van der Waals surface area (Å²) in [4.78, 5) is 13.5. The number of hydrogen-bond acceptors (Lipinski definition) is 4. The molecule has 0 aliphatic carbocycles. The third kappa shape index (κ3) is 2.69. The van der Waals surface area contributed by atoms with Gasteiger partial charge in [0.05, 0.1) is 12.7 Å². The van der Waals surface area contributed by atoms with E-state index in [0.29, 0.717) is 19.7 Å². The lowest BCUT2D eigenvalue weighted by Crippen LogP contribution is -2.58. The van der Waals surface area contributed by atoms with Crippen LogP contribution in [0.15, 0.2) is 0 Å². The van der Waals surface area contributed by atoms with E-state index in [1.807, 2.05) is 18.7 Å². The fourth-order valence-electron chi connectivity index (χ4n) is 1.70. The Morgan fingerprint density at radius 3 is 2.64 bits per heavy atom. The largest absolute Gasteiger partial charge is 0.465 e. The van der Waals surface area contributed by atoms with Crippen molar-refractivity contribution in [1.29, 1.82) is 0 Å². The number of nitrogens with zero attached hydrogens (tertiary/aromatic N) is 1. The van der Waals surface area contributed by atoms with E-state index in [9.17, 15) is 4.79 Å². The van der Waals surface area contributed by atoms with Crippen LogP contribution in [0.4, 0.5) is 0 Å². The van der Waals surface area contributed by atoms with Gasteiger partial charge in [-0.3, -0.25) is 9.69 Å². The first-order chi connectivity index (χ1) is 6.69. The zero-order valence-corrected chi connectivity index (χ0v) is 8.90. The Morgan fingerprint density at radius 1 is 1.57 bits per heavy atom. The molecule has 4 nitrogen and oxygen atoms in total. The van der Waals surface area contributed by atoms with Crippen LogP contribution in [-0.4, -0.2) is 47.8 Å². The molecule has 0 radical (unpaired) electrons. The molecule has 14 heavy (non-hydrogen) atoms. The first-order valence-corrected chi connectivity index (χ1v) is 5.27. The molecular formula is C10H19NO3. The van der Waals surface area contributed by atoms with E-state index < -0.39 is 0 Å². The van der Waals surface area contributed by atoms with E-state index in [0.717, 1.165) is 12.8 Å². The zero-order chi connectivity index (χ0) is 10.6. The Hall–Kier alpha value is -0.610. The van der Waals surface area contributed by atoms with Gasteiger partial charge in [-0.05, 0) is 13.3 Å². The van der Waals surface area contributed by atoms with Crippen molar-refractivity contribution in [2.75, 3.05) is 19.7 Å². The molecule has 0 aromatic rings. The van der Waals surface area contributed by atoms with Gasteiger partial charge in [0, 0.05) is 13.1 Å². The SMILES string of the molecule is CCCC(C(=O)OCC)N1CC(O)C1. The van der Waals surface area contributed by atoms with Crippen molar-refractivity contribution in [2.24, 2.45) is 0 Å². The van der Waals surface area contributed by atoms with Crippen LogP contribution in [0.3, 0.4) is 0 Å². The van der Waals surface area contributed by atoms with Crippen LogP contribution in [-0.2, 0) is 9.53 Å². The summed E-state index contributed by atoms with van der Waals surface area (Å²) in [7, 11) is 0. The van der Waals surface area contributed by atoms with Crippen LogP contribution in [0.1, 0.15) is 26.7 Å². The topological polar surface area (TPSA) is 49.8 Å². The highest BCUT2D eigenvalue weighted by Crippen LogP contribution is 2.17. The lowest BCUT2D eigenvalue weighted by molar-refractivity contribution is -0.154. The number of aliphatic hydroxyl groups excluding tert-OH is 1. The van der Waals surface area contributed by atoms with Gasteiger partial charge in [-0.15, -0.1) is 0 Å². The van der Waals surface area contributed by atoms with Crippen molar-refractivity contribution in [2.45, 2.75) is 38.8 Å². The van der Waals surface area contributed by atoms with Gasteiger partial charge in [0.25, 0.3) is 0 Å². The van der Waals surface area contributed by atoms with Gasteiger partial charge in [0.2, 0.25) is 0 Å². The molecule has 1 atom stereocenters. The number of likely N-dealkylation sites (tertiary alicyclic amines) is 1. The number of carbonyl (C=O) groups is 1. The summed E-state index contributed by atoms with van der Waals surface area (Å²) in [5.74, 6) is -0.152. The standard InChI is InChI=1S/C10H19NO3/c1-3-5-9(10(13)14-4-2)11-6-8(12)7-11/h8-9,12H,3-7H2,1-2H3. The molecule has 1 unspecified atom stereocenters. The third-order valence-corrected chi connectivity index (χ3v) is 2.45. The molecule has 1 fully saturated rings. The summed E-state index contributed by atoms with van der Waals surface area (Å²) >= 11 is 0. The number of β-amino-alcohol motifs (C(OH)–C–C–N with tert-alkyl or cyclic N) is 1. The summed E-state index contributed by atoms with van der Waals surface area (Å²) in [5.41, 5.74) is 0. The van der Waals surface area contributed by atoms with Crippen molar-refractivity contribution in [1.82, 2.24) is 4.90 Å². The second kappa shape index (κ2) is 5.32. The number of aliphatic hydroxyl groups is 1. The van der Waals surface area contributed by atoms with Crippen LogP contribution < -0.4 is 0 Å². The van der Waals surface area contributed by atoms with Gasteiger partial charge in [0.15, 0.2) is 0 Å².